The Balaban J connectivity index is 2.24. The van der Waals surface area contributed by atoms with Crippen molar-refractivity contribution in [3.63, 3.8) is 0 Å². The van der Waals surface area contributed by atoms with Gasteiger partial charge in [0.2, 0.25) is 5.91 Å². The molecule has 1 rings (SSSR count). The molecule has 2 N–H and O–H groups in total. The molecule has 0 aliphatic carbocycles. The molecule has 116 valence electrons. The van der Waals surface area contributed by atoms with E-state index in [4.69, 9.17) is 27.9 Å². The number of benzene rings is 1. The van der Waals surface area contributed by atoms with Gasteiger partial charge in [0.25, 0.3) is 5.91 Å². The van der Waals surface area contributed by atoms with E-state index in [0.717, 1.165) is 0 Å². The van der Waals surface area contributed by atoms with E-state index in [-0.39, 0.29) is 11.8 Å². The van der Waals surface area contributed by atoms with Crippen LogP contribution in [0, 0.1) is 0 Å². The molecule has 0 aliphatic rings. The summed E-state index contributed by atoms with van der Waals surface area (Å²) in [6.07, 6.45) is 1.09. The zero-order chi connectivity index (χ0) is 15.7. The summed E-state index contributed by atoms with van der Waals surface area (Å²) in [7, 11) is 1.59. The number of ether oxygens (including phenoxy) is 1. The summed E-state index contributed by atoms with van der Waals surface area (Å²) >= 11 is 11.6. The quantitative estimate of drug-likeness (QED) is 0.717. The van der Waals surface area contributed by atoms with Gasteiger partial charge in [-0.15, -0.1) is 0 Å². The Morgan fingerprint density at radius 2 is 1.86 bits per heavy atom. The Bertz CT molecular complexity index is 495. The normalized spacial score (nSPS) is 10.2. The standard InChI is InChI=1S/C14H18Cl2N2O3/c1-21-8-2-3-13(19)17-6-7-18-14(20)10-4-5-11(15)12(16)9-10/h4-5,9H,2-3,6-8H2,1H3,(H,17,19)(H,18,20). The zero-order valence-corrected chi connectivity index (χ0v) is 13.3. The van der Waals surface area contributed by atoms with Crippen LogP contribution in [-0.2, 0) is 9.53 Å². The van der Waals surface area contributed by atoms with Gasteiger partial charge in [-0.1, -0.05) is 23.2 Å². The summed E-state index contributed by atoms with van der Waals surface area (Å²) in [5, 5.41) is 6.13. The van der Waals surface area contributed by atoms with Crippen LogP contribution in [0.3, 0.4) is 0 Å². The van der Waals surface area contributed by atoms with Gasteiger partial charge >= 0.3 is 0 Å². The predicted octanol–water partition coefficient (Wildman–Crippen LogP) is 2.27. The lowest BCUT2D eigenvalue weighted by atomic mass is 10.2. The molecule has 0 saturated heterocycles. The third-order valence-electron chi connectivity index (χ3n) is 2.67. The van der Waals surface area contributed by atoms with Crippen molar-refractivity contribution in [1.82, 2.24) is 10.6 Å². The van der Waals surface area contributed by atoms with Crippen molar-refractivity contribution in [2.24, 2.45) is 0 Å². The predicted molar refractivity (Wildman–Crippen MR) is 82.9 cm³/mol. The van der Waals surface area contributed by atoms with Crippen LogP contribution in [0.15, 0.2) is 18.2 Å². The molecule has 0 radical (unpaired) electrons. The Labute approximate surface area is 133 Å². The topological polar surface area (TPSA) is 67.4 Å². The van der Waals surface area contributed by atoms with Crippen molar-refractivity contribution < 1.29 is 14.3 Å². The van der Waals surface area contributed by atoms with Crippen LogP contribution in [0.2, 0.25) is 10.0 Å². The lowest BCUT2D eigenvalue weighted by molar-refractivity contribution is -0.121. The number of methoxy groups -OCH3 is 1. The van der Waals surface area contributed by atoms with Crippen LogP contribution in [0.25, 0.3) is 0 Å². The van der Waals surface area contributed by atoms with Crippen LogP contribution in [0.5, 0.6) is 0 Å². The summed E-state index contributed by atoms with van der Waals surface area (Å²) in [5.74, 6) is -0.321. The molecular weight excluding hydrogens is 315 g/mol. The van der Waals surface area contributed by atoms with Crippen LogP contribution in [0.4, 0.5) is 0 Å². The van der Waals surface area contributed by atoms with Gasteiger partial charge in [-0.2, -0.15) is 0 Å². The Hall–Kier alpha value is -1.30. The first-order chi connectivity index (χ1) is 10.0. The van der Waals surface area contributed by atoms with E-state index in [1.165, 1.54) is 6.07 Å². The summed E-state index contributed by atoms with van der Waals surface area (Å²) in [4.78, 5) is 23.2. The fourth-order valence-corrected chi connectivity index (χ4v) is 1.88. The molecule has 0 atom stereocenters. The monoisotopic (exact) mass is 332 g/mol. The van der Waals surface area contributed by atoms with Gasteiger partial charge in [-0.3, -0.25) is 9.59 Å². The first kappa shape index (κ1) is 17.8. The summed E-state index contributed by atoms with van der Waals surface area (Å²) < 4.78 is 4.86. The second-order valence-corrected chi connectivity index (χ2v) is 5.15. The minimum absolute atomic E-state index is 0.0594. The molecule has 0 fully saturated rings. The second kappa shape index (κ2) is 9.60. The molecule has 0 bridgehead atoms. The van der Waals surface area contributed by atoms with Gasteiger partial charge in [-0.05, 0) is 24.6 Å². The molecule has 1 aromatic rings. The van der Waals surface area contributed by atoms with Crippen molar-refractivity contribution in [2.45, 2.75) is 12.8 Å². The van der Waals surface area contributed by atoms with Gasteiger partial charge in [-0.25, -0.2) is 0 Å². The van der Waals surface area contributed by atoms with E-state index in [1.54, 1.807) is 19.2 Å². The minimum atomic E-state index is -0.262. The zero-order valence-electron chi connectivity index (χ0n) is 11.7. The molecule has 0 heterocycles. The highest BCUT2D eigenvalue weighted by Crippen LogP contribution is 2.22. The van der Waals surface area contributed by atoms with Crippen LogP contribution in [-0.4, -0.2) is 38.6 Å². The molecule has 1 aromatic carbocycles. The van der Waals surface area contributed by atoms with Crippen molar-refractivity contribution in [1.29, 1.82) is 0 Å². The Morgan fingerprint density at radius 3 is 2.52 bits per heavy atom. The molecule has 0 aliphatic heterocycles. The minimum Gasteiger partial charge on any atom is -0.385 e. The van der Waals surface area contributed by atoms with E-state index < -0.39 is 0 Å². The average Bonchev–Trinajstić information content (AvgIpc) is 2.46. The number of rotatable bonds is 8. The molecule has 0 spiro atoms. The highest BCUT2D eigenvalue weighted by molar-refractivity contribution is 6.42. The fraction of sp³-hybridized carbons (Fsp3) is 0.429. The fourth-order valence-electron chi connectivity index (χ4n) is 1.58. The summed E-state index contributed by atoms with van der Waals surface area (Å²) in [6.45, 7) is 1.27. The number of amides is 2. The van der Waals surface area contributed by atoms with Crippen LogP contribution in [0.1, 0.15) is 23.2 Å². The highest BCUT2D eigenvalue weighted by atomic mass is 35.5. The second-order valence-electron chi connectivity index (χ2n) is 4.33. The SMILES string of the molecule is COCCCC(=O)NCCNC(=O)c1ccc(Cl)c(Cl)c1. The maximum absolute atomic E-state index is 11.8. The smallest absolute Gasteiger partial charge is 0.251 e. The molecule has 0 saturated carbocycles. The van der Waals surface area contributed by atoms with Crippen molar-refractivity contribution in [3.8, 4) is 0 Å². The maximum Gasteiger partial charge on any atom is 0.251 e. The summed E-state index contributed by atoms with van der Waals surface area (Å²) in [5.41, 5.74) is 0.427. The molecule has 0 unspecified atom stereocenters. The van der Waals surface area contributed by atoms with E-state index >= 15 is 0 Å². The molecular formula is C14H18Cl2N2O3. The van der Waals surface area contributed by atoms with Gasteiger partial charge in [0.15, 0.2) is 0 Å². The number of carbonyl (C=O) groups excluding carboxylic acids is 2. The van der Waals surface area contributed by atoms with Gasteiger partial charge < -0.3 is 15.4 Å². The highest BCUT2D eigenvalue weighted by Gasteiger charge is 2.07. The van der Waals surface area contributed by atoms with Crippen molar-refractivity contribution in [3.05, 3.63) is 33.8 Å². The molecule has 5 nitrogen and oxygen atoms in total. The number of hydrogen-bond acceptors (Lipinski definition) is 3. The number of nitrogens with one attached hydrogen (secondary N) is 2. The van der Waals surface area contributed by atoms with E-state index in [9.17, 15) is 9.59 Å². The van der Waals surface area contributed by atoms with Crippen LogP contribution < -0.4 is 10.6 Å². The third-order valence-corrected chi connectivity index (χ3v) is 3.41. The van der Waals surface area contributed by atoms with E-state index in [1.807, 2.05) is 0 Å². The van der Waals surface area contributed by atoms with Gasteiger partial charge in [0, 0.05) is 38.8 Å². The lowest BCUT2D eigenvalue weighted by Gasteiger charge is -2.07. The molecule has 2 amide bonds. The largest absolute Gasteiger partial charge is 0.385 e. The Morgan fingerprint density at radius 1 is 1.14 bits per heavy atom. The molecule has 7 heteroatoms. The first-order valence-electron chi connectivity index (χ1n) is 6.53. The third kappa shape index (κ3) is 6.80. The molecule has 21 heavy (non-hydrogen) atoms. The van der Waals surface area contributed by atoms with Gasteiger partial charge in [0.1, 0.15) is 0 Å². The number of hydrogen-bond donors (Lipinski definition) is 2. The molecule has 0 aromatic heterocycles. The van der Waals surface area contributed by atoms with Crippen molar-refractivity contribution >= 4 is 35.0 Å². The first-order valence-corrected chi connectivity index (χ1v) is 7.29. The van der Waals surface area contributed by atoms with Crippen LogP contribution >= 0.6 is 23.2 Å². The van der Waals surface area contributed by atoms with Crippen molar-refractivity contribution in [2.75, 3.05) is 26.8 Å². The van der Waals surface area contributed by atoms with Gasteiger partial charge in [0.05, 0.1) is 10.0 Å². The average molecular weight is 333 g/mol. The maximum atomic E-state index is 11.8. The lowest BCUT2D eigenvalue weighted by Crippen LogP contribution is -2.34. The summed E-state index contributed by atoms with van der Waals surface area (Å²) in [6, 6.07) is 4.66. The number of halogens is 2. The van der Waals surface area contributed by atoms with E-state index in [2.05, 4.69) is 10.6 Å². The van der Waals surface area contributed by atoms with E-state index in [0.29, 0.717) is 48.1 Å². The number of carbonyl (C=O) groups is 2. The Kier molecular flexibility index (Phi) is 8.12.